The highest BCUT2D eigenvalue weighted by Gasteiger charge is 2.21. The van der Waals surface area contributed by atoms with Crippen LogP contribution in [0.15, 0.2) is 60.9 Å². The molecule has 3 rings (SSSR count). The van der Waals surface area contributed by atoms with Crippen LogP contribution in [0.3, 0.4) is 0 Å². The second kappa shape index (κ2) is 9.08. The third kappa shape index (κ3) is 4.52. The molecule has 1 aromatic heterocycles. The van der Waals surface area contributed by atoms with E-state index >= 15 is 0 Å². The Labute approximate surface area is 165 Å². The predicted octanol–water partition coefficient (Wildman–Crippen LogP) is 3.28. The van der Waals surface area contributed by atoms with Gasteiger partial charge in [-0.1, -0.05) is 30.3 Å². The molecule has 6 nitrogen and oxygen atoms in total. The Kier molecular flexibility index (Phi) is 6.32. The molecule has 1 N–H and O–H groups in total. The third-order valence-corrected chi connectivity index (χ3v) is 4.66. The number of amides is 1. The molecule has 0 bridgehead atoms. The van der Waals surface area contributed by atoms with Crippen LogP contribution in [-0.4, -0.2) is 29.7 Å². The maximum Gasteiger partial charge on any atom is 0.221 e. The summed E-state index contributed by atoms with van der Waals surface area (Å²) in [6.45, 7) is 0. The van der Waals surface area contributed by atoms with Crippen molar-refractivity contribution in [2.24, 2.45) is 7.05 Å². The Morgan fingerprint density at radius 2 is 1.96 bits per heavy atom. The van der Waals surface area contributed by atoms with Gasteiger partial charge in [0.15, 0.2) is 0 Å². The van der Waals surface area contributed by atoms with Crippen LogP contribution < -0.4 is 14.8 Å². The van der Waals surface area contributed by atoms with E-state index in [2.05, 4.69) is 10.3 Å². The topological polar surface area (TPSA) is 65.4 Å². The Morgan fingerprint density at radius 3 is 2.68 bits per heavy atom. The van der Waals surface area contributed by atoms with Gasteiger partial charge in [0.1, 0.15) is 23.4 Å². The molecule has 28 heavy (non-hydrogen) atoms. The van der Waals surface area contributed by atoms with Gasteiger partial charge in [0.05, 0.1) is 14.2 Å². The van der Waals surface area contributed by atoms with Crippen molar-refractivity contribution in [1.29, 1.82) is 0 Å². The normalized spacial score (nSPS) is 11.7. The zero-order valence-corrected chi connectivity index (χ0v) is 16.4. The van der Waals surface area contributed by atoms with Crippen molar-refractivity contribution in [2.45, 2.75) is 18.9 Å². The molecule has 0 saturated carbocycles. The second-order valence-electron chi connectivity index (χ2n) is 6.49. The molecule has 1 atom stereocenters. The van der Waals surface area contributed by atoms with Gasteiger partial charge < -0.3 is 19.4 Å². The van der Waals surface area contributed by atoms with Crippen molar-refractivity contribution in [3.05, 3.63) is 77.9 Å². The van der Waals surface area contributed by atoms with Gasteiger partial charge in [0, 0.05) is 25.9 Å². The van der Waals surface area contributed by atoms with Crippen molar-refractivity contribution in [3.8, 4) is 11.5 Å². The average Bonchev–Trinajstić information content (AvgIpc) is 3.16. The molecule has 1 amide bonds. The van der Waals surface area contributed by atoms with Crippen molar-refractivity contribution in [2.75, 3.05) is 14.2 Å². The van der Waals surface area contributed by atoms with Crippen LogP contribution in [0.4, 0.5) is 0 Å². The lowest BCUT2D eigenvalue weighted by atomic mass is 10.0. The minimum Gasteiger partial charge on any atom is -0.497 e. The van der Waals surface area contributed by atoms with Gasteiger partial charge in [-0.25, -0.2) is 4.98 Å². The number of carbonyl (C=O) groups excluding carboxylic acids is 1. The van der Waals surface area contributed by atoms with E-state index in [1.807, 2.05) is 66.3 Å². The minimum atomic E-state index is -0.361. The smallest absolute Gasteiger partial charge is 0.221 e. The van der Waals surface area contributed by atoms with E-state index in [4.69, 9.17) is 9.47 Å². The molecular formula is C22H25N3O3. The first kappa shape index (κ1) is 19.5. The molecule has 0 fully saturated rings. The number of ether oxygens (including phenoxy) is 2. The van der Waals surface area contributed by atoms with Crippen LogP contribution in [0, 0.1) is 0 Å². The molecule has 6 heteroatoms. The number of methoxy groups -OCH3 is 2. The van der Waals surface area contributed by atoms with Crippen molar-refractivity contribution in [3.63, 3.8) is 0 Å². The van der Waals surface area contributed by atoms with E-state index in [1.165, 1.54) is 0 Å². The van der Waals surface area contributed by atoms with Crippen LogP contribution in [0.1, 0.15) is 29.4 Å². The fourth-order valence-corrected chi connectivity index (χ4v) is 3.16. The van der Waals surface area contributed by atoms with Gasteiger partial charge in [-0.3, -0.25) is 4.79 Å². The van der Waals surface area contributed by atoms with Crippen LogP contribution in [-0.2, 0) is 18.3 Å². The Morgan fingerprint density at radius 1 is 1.14 bits per heavy atom. The van der Waals surface area contributed by atoms with E-state index in [1.54, 1.807) is 20.4 Å². The van der Waals surface area contributed by atoms with E-state index in [0.29, 0.717) is 12.8 Å². The molecule has 1 heterocycles. The summed E-state index contributed by atoms with van der Waals surface area (Å²) >= 11 is 0. The van der Waals surface area contributed by atoms with Crippen molar-refractivity contribution >= 4 is 5.91 Å². The van der Waals surface area contributed by atoms with Crippen LogP contribution in [0.25, 0.3) is 0 Å². The summed E-state index contributed by atoms with van der Waals surface area (Å²) in [5, 5.41) is 3.12. The molecule has 0 aliphatic rings. The second-order valence-corrected chi connectivity index (χ2v) is 6.49. The number of hydrogen-bond donors (Lipinski definition) is 1. The summed E-state index contributed by atoms with van der Waals surface area (Å²) < 4.78 is 12.6. The van der Waals surface area contributed by atoms with Crippen molar-refractivity contribution < 1.29 is 14.3 Å². The Hall–Kier alpha value is -3.28. The maximum absolute atomic E-state index is 12.7. The molecule has 0 spiro atoms. The monoisotopic (exact) mass is 379 g/mol. The predicted molar refractivity (Wildman–Crippen MR) is 108 cm³/mol. The van der Waals surface area contributed by atoms with Crippen LogP contribution >= 0.6 is 0 Å². The number of aryl methyl sites for hydroxylation is 2. The minimum absolute atomic E-state index is 0.0540. The standard InChI is InChI=1S/C22H25N3O3/c1-25-14-13-23-22(25)21(17-8-6-9-18(15-17)27-2)24-20(26)12-11-16-7-4-5-10-19(16)28-3/h4-10,13-15,21H,11-12H2,1-3H3,(H,24,26)/t21-/m1/s1. The summed E-state index contributed by atoms with van der Waals surface area (Å²) in [4.78, 5) is 17.2. The highest BCUT2D eigenvalue weighted by Crippen LogP contribution is 2.25. The Bertz CT molecular complexity index is 936. The van der Waals surface area contributed by atoms with Crippen molar-refractivity contribution in [1.82, 2.24) is 14.9 Å². The van der Waals surface area contributed by atoms with E-state index in [0.717, 1.165) is 28.5 Å². The average molecular weight is 379 g/mol. The lowest BCUT2D eigenvalue weighted by molar-refractivity contribution is -0.121. The summed E-state index contributed by atoms with van der Waals surface area (Å²) in [7, 11) is 5.18. The lowest BCUT2D eigenvalue weighted by Gasteiger charge is -2.20. The van der Waals surface area contributed by atoms with Crippen LogP contribution in [0.2, 0.25) is 0 Å². The fourth-order valence-electron chi connectivity index (χ4n) is 3.16. The summed E-state index contributed by atoms with van der Waals surface area (Å²) in [6, 6.07) is 15.0. The largest absolute Gasteiger partial charge is 0.497 e. The summed E-state index contributed by atoms with van der Waals surface area (Å²) in [6.07, 6.45) is 4.54. The SMILES string of the molecule is COc1cccc([C@@H](NC(=O)CCc2ccccc2OC)c2nccn2C)c1. The van der Waals surface area contributed by atoms with Gasteiger partial charge in [0.2, 0.25) is 5.91 Å². The number of para-hydroxylation sites is 1. The summed E-state index contributed by atoms with van der Waals surface area (Å²) in [5.41, 5.74) is 1.93. The summed E-state index contributed by atoms with van der Waals surface area (Å²) in [5.74, 6) is 2.24. The number of benzene rings is 2. The van der Waals surface area contributed by atoms with Crippen LogP contribution in [0.5, 0.6) is 11.5 Å². The number of rotatable bonds is 8. The molecule has 0 aliphatic heterocycles. The molecule has 0 aliphatic carbocycles. The molecular weight excluding hydrogens is 354 g/mol. The first-order chi connectivity index (χ1) is 13.6. The Balaban J connectivity index is 1.77. The molecule has 0 unspecified atom stereocenters. The molecule has 2 aromatic carbocycles. The zero-order chi connectivity index (χ0) is 19.9. The fraction of sp³-hybridized carbons (Fsp3) is 0.273. The van der Waals surface area contributed by atoms with Gasteiger partial charge in [-0.05, 0) is 35.7 Å². The highest BCUT2D eigenvalue weighted by molar-refractivity contribution is 5.77. The molecule has 0 radical (unpaired) electrons. The van der Waals surface area contributed by atoms with E-state index in [-0.39, 0.29) is 11.9 Å². The first-order valence-corrected chi connectivity index (χ1v) is 9.14. The highest BCUT2D eigenvalue weighted by atomic mass is 16.5. The van der Waals surface area contributed by atoms with E-state index < -0.39 is 0 Å². The number of nitrogens with one attached hydrogen (secondary N) is 1. The van der Waals surface area contributed by atoms with Gasteiger partial charge in [-0.2, -0.15) is 0 Å². The number of imidazole rings is 1. The quantitative estimate of drug-likeness (QED) is 0.652. The number of hydrogen-bond acceptors (Lipinski definition) is 4. The molecule has 3 aromatic rings. The zero-order valence-electron chi connectivity index (χ0n) is 16.4. The van der Waals surface area contributed by atoms with Gasteiger partial charge >= 0.3 is 0 Å². The van der Waals surface area contributed by atoms with Gasteiger partial charge in [-0.15, -0.1) is 0 Å². The number of nitrogens with zero attached hydrogens (tertiary/aromatic N) is 2. The number of aromatic nitrogens is 2. The lowest BCUT2D eigenvalue weighted by Crippen LogP contribution is -2.31. The number of carbonyl (C=O) groups is 1. The third-order valence-electron chi connectivity index (χ3n) is 4.66. The maximum atomic E-state index is 12.7. The molecule has 0 saturated heterocycles. The first-order valence-electron chi connectivity index (χ1n) is 9.14. The van der Waals surface area contributed by atoms with Gasteiger partial charge in [0.25, 0.3) is 0 Å². The van der Waals surface area contributed by atoms with E-state index in [9.17, 15) is 4.79 Å². The molecule has 146 valence electrons.